The highest BCUT2D eigenvalue weighted by molar-refractivity contribution is 5.90. The molecule has 5 nitrogen and oxygen atoms in total. The van der Waals surface area contributed by atoms with Crippen molar-refractivity contribution >= 4 is 10.9 Å². The van der Waals surface area contributed by atoms with Gasteiger partial charge >= 0.3 is 0 Å². The fourth-order valence-electron chi connectivity index (χ4n) is 2.05. The van der Waals surface area contributed by atoms with E-state index in [1.165, 1.54) is 12.8 Å². The van der Waals surface area contributed by atoms with Gasteiger partial charge in [0.2, 0.25) is 5.82 Å². The first-order valence-electron chi connectivity index (χ1n) is 5.77. The third kappa shape index (κ3) is 1.35. The van der Waals surface area contributed by atoms with E-state index in [2.05, 4.69) is 25.4 Å². The Kier molecular flexibility index (Phi) is 1.66. The fraction of sp³-hybridized carbons (Fsp3) is 0.250. The molecule has 2 heterocycles. The predicted octanol–water partition coefficient (Wildman–Crippen LogP) is 2.23. The number of hydrogen-bond donors (Lipinski definition) is 2. The molecule has 0 amide bonds. The number of rotatable bonds is 2. The number of hydrogen-bond acceptors (Lipinski definition) is 3. The Morgan fingerprint density at radius 1 is 1.06 bits per heavy atom. The van der Waals surface area contributed by atoms with Gasteiger partial charge in [-0.3, -0.25) is 10.2 Å². The third-order valence-corrected chi connectivity index (χ3v) is 3.15. The van der Waals surface area contributed by atoms with Crippen molar-refractivity contribution in [2.75, 3.05) is 0 Å². The summed E-state index contributed by atoms with van der Waals surface area (Å²) in [5.74, 6) is 2.26. The molecule has 4 rings (SSSR count). The summed E-state index contributed by atoms with van der Waals surface area (Å²) in [6.45, 7) is 0. The number of fused-ring (bicyclic) bond motifs is 1. The van der Waals surface area contributed by atoms with Gasteiger partial charge in [0.1, 0.15) is 11.5 Å². The van der Waals surface area contributed by atoms with Crippen molar-refractivity contribution in [3.05, 3.63) is 30.1 Å². The summed E-state index contributed by atoms with van der Waals surface area (Å²) in [4.78, 5) is 4.52. The van der Waals surface area contributed by atoms with E-state index in [-0.39, 0.29) is 0 Å². The zero-order valence-corrected chi connectivity index (χ0v) is 9.14. The summed E-state index contributed by atoms with van der Waals surface area (Å²) in [7, 11) is 0. The number of nitrogens with zero attached hydrogens (tertiary/aromatic N) is 3. The van der Waals surface area contributed by atoms with Crippen LogP contribution in [0.3, 0.4) is 0 Å². The molecule has 1 fully saturated rings. The van der Waals surface area contributed by atoms with Crippen LogP contribution in [0, 0.1) is 0 Å². The van der Waals surface area contributed by atoms with Crippen LogP contribution in [0.5, 0.6) is 0 Å². The Balaban J connectivity index is 1.86. The first-order chi connectivity index (χ1) is 8.42. The van der Waals surface area contributed by atoms with Crippen LogP contribution in [0.4, 0.5) is 0 Å². The molecule has 17 heavy (non-hydrogen) atoms. The van der Waals surface area contributed by atoms with Gasteiger partial charge in [0, 0.05) is 11.3 Å². The van der Waals surface area contributed by atoms with Crippen LogP contribution in [0.25, 0.3) is 22.4 Å². The van der Waals surface area contributed by atoms with Crippen LogP contribution < -0.4 is 0 Å². The molecule has 0 atom stereocenters. The Hall–Kier alpha value is -2.17. The molecule has 2 N–H and O–H groups in total. The van der Waals surface area contributed by atoms with Crippen LogP contribution in [0.15, 0.2) is 24.3 Å². The van der Waals surface area contributed by atoms with Crippen molar-refractivity contribution < 1.29 is 0 Å². The van der Waals surface area contributed by atoms with Gasteiger partial charge in [0.25, 0.3) is 0 Å². The fourth-order valence-corrected chi connectivity index (χ4v) is 2.05. The van der Waals surface area contributed by atoms with E-state index in [0.717, 1.165) is 22.4 Å². The molecule has 0 radical (unpaired) electrons. The zero-order valence-electron chi connectivity index (χ0n) is 9.14. The maximum absolute atomic E-state index is 4.52. The lowest BCUT2D eigenvalue weighted by atomic mass is 10.2. The summed E-state index contributed by atoms with van der Waals surface area (Å²) in [6, 6.07) is 8.01. The number of aromatic nitrogens is 5. The molecule has 84 valence electrons. The van der Waals surface area contributed by atoms with Gasteiger partial charge in [-0.2, -0.15) is 10.2 Å². The Labute approximate surface area is 97.3 Å². The average Bonchev–Trinajstić information content (AvgIpc) is 2.95. The molecule has 5 heteroatoms. The van der Waals surface area contributed by atoms with Crippen LogP contribution >= 0.6 is 0 Å². The van der Waals surface area contributed by atoms with E-state index >= 15 is 0 Å². The second-order valence-electron chi connectivity index (χ2n) is 4.44. The van der Waals surface area contributed by atoms with Crippen LogP contribution in [0.1, 0.15) is 24.6 Å². The van der Waals surface area contributed by atoms with Gasteiger partial charge in [0.15, 0.2) is 0 Å². The topological polar surface area (TPSA) is 70.2 Å². The summed E-state index contributed by atoms with van der Waals surface area (Å²) in [5, 5.41) is 15.6. The van der Waals surface area contributed by atoms with Gasteiger partial charge in [-0.15, -0.1) is 0 Å². The average molecular weight is 225 g/mol. The second-order valence-corrected chi connectivity index (χ2v) is 4.44. The predicted molar refractivity (Wildman–Crippen MR) is 63.4 cm³/mol. The Bertz CT molecular complexity index is 677. The van der Waals surface area contributed by atoms with Crippen LogP contribution in [0.2, 0.25) is 0 Å². The van der Waals surface area contributed by atoms with Crippen molar-refractivity contribution in [2.24, 2.45) is 0 Å². The lowest BCUT2D eigenvalue weighted by Gasteiger charge is -1.89. The first-order valence-corrected chi connectivity index (χ1v) is 5.77. The number of benzene rings is 1. The highest BCUT2D eigenvalue weighted by Crippen LogP contribution is 2.38. The minimum absolute atomic E-state index is 0.585. The molecule has 0 aliphatic heterocycles. The van der Waals surface area contributed by atoms with Gasteiger partial charge in [-0.25, -0.2) is 4.98 Å². The summed E-state index contributed by atoms with van der Waals surface area (Å²) in [5.41, 5.74) is 1.84. The quantitative estimate of drug-likeness (QED) is 0.702. The maximum atomic E-state index is 4.52. The van der Waals surface area contributed by atoms with Crippen molar-refractivity contribution in [3.63, 3.8) is 0 Å². The van der Waals surface area contributed by atoms with E-state index in [1.807, 2.05) is 24.3 Å². The molecule has 0 bridgehead atoms. The molecule has 2 aromatic heterocycles. The van der Waals surface area contributed by atoms with E-state index < -0.39 is 0 Å². The van der Waals surface area contributed by atoms with Crippen LogP contribution in [-0.4, -0.2) is 25.4 Å². The molecule has 0 saturated heterocycles. The standard InChI is InChI=1S/C12H11N5/c1-2-4-9-8(3-1)10(15-14-9)12-13-11(16-17-12)7-5-6-7/h1-4,7H,5-6H2,(H,14,15)(H,13,16,17). The van der Waals surface area contributed by atoms with Crippen molar-refractivity contribution in [1.82, 2.24) is 25.4 Å². The Morgan fingerprint density at radius 2 is 1.94 bits per heavy atom. The molecule has 1 aliphatic rings. The molecule has 1 saturated carbocycles. The summed E-state index contributed by atoms with van der Waals surface area (Å²) >= 11 is 0. The molecular formula is C12H11N5. The van der Waals surface area contributed by atoms with E-state index in [0.29, 0.717) is 11.7 Å². The normalized spacial score (nSPS) is 15.5. The summed E-state index contributed by atoms with van der Waals surface area (Å²) in [6.07, 6.45) is 2.44. The molecule has 0 spiro atoms. The van der Waals surface area contributed by atoms with Gasteiger partial charge in [-0.1, -0.05) is 18.2 Å². The number of H-pyrrole nitrogens is 2. The van der Waals surface area contributed by atoms with Crippen molar-refractivity contribution in [1.29, 1.82) is 0 Å². The van der Waals surface area contributed by atoms with Crippen LogP contribution in [-0.2, 0) is 0 Å². The number of aromatic amines is 2. The van der Waals surface area contributed by atoms with Gasteiger partial charge < -0.3 is 0 Å². The minimum atomic E-state index is 0.585. The molecular weight excluding hydrogens is 214 g/mol. The van der Waals surface area contributed by atoms with E-state index in [4.69, 9.17) is 0 Å². The van der Waals surface area contributed by atoms with Gasteiger partial charge in [0.05, 0.1) is 5.52 Å². The second kappa shape index (κ2) is 3.16. The molecule has 1 aromatic carbocycles. The summed E-state index contributed by atoms with van der Waals surface area (Å²) < 4.78 is 0. The number of para-hydroxylation sites is 1. The molecule has 0 unspecified atom stereocenters. The lowest BCUT2D eigenvalue weighted by Crippen LogP contribution is -1.83. The highest BCUT2D eigenvalue weighted by Gasteiger charge is 2.27. The van der Waals surface area contributed by atoms with Gasteiger partial charge in [-0.05, 0) is 18.9 Å². The maximum Gasteiger partial charge on any atom is 0.202 e. The lowest BCUT2D eigenvalue weighted by molar-refractivity contribution is 0.934. The van der Waals surface area contributed by atoms with E-state index in [1.54, 1.807) is 0 Å². The smallest absolute Gasteiger partial charge is 0.202 e. The monoisotopic (exact) mass is 225 g/mol. The minimum Gasteiger partial charge on any atom is -0.277 e. The van der Waals surface area contributed by atoms with Crippen molar-refractivity contribution in [2.45, 2.75) is 18.8 Å². The highest BCUT2D eigenvalue weighted by atomic mass is 15.2. The first kappa shape index (κ1) is 8.92. The van der Waals surface area contributed by atoms with E-state index in [9.17, 15) is 0 Å². The zero-order chi connectivity index (χ0) is 11.2. The largest absolute Gasteiger partial charge is 0.277 e. The molecule has 3 aromatic rings. The third-order valence-electron chi connectivity index (χ3n) is 3.15. The SMILES string of the molecule is c1ccc2c(-c3n[nH]c(C4CC4)n3)n[nH]c2c1. The number of nitrogens with one attached hydrogen (secondary N) is 2. The molecule has 1 aliphatic carbocycles. The van der Waals surface area contributed by atoms with Crippen molar-refractivity contribution in [3.8, 4) is 11.5 Å². The Morgan fingerprint density at radius 3 is 2.82 bits per heavy atom.